The van der Waals surface area contributed by atoms with Gasteiger partial charge in [-0.1, -0.05) is 12.1 Å². The van der Waals surface area contributed by atoms with E-state index in [-0.39, 0.29) is 18.4 Å². The van der Waals surface area contributed by atoms with Gasteiger partial charge in [0.25, 0.3) is 0 Å². The third-order valence-corrected chi connectivity index (χ3v) is 2.93. The minimum atomic E-state index is -0.166. The summed E-state index contributed by atoms with van der Waals surface area (Å²) in [5.41, 5.74) is 6.88. The molecule has 2 N–H and O–H groups in total. The van der Waals surface area contributed by atoms with E-state index in [1.165, 1.54) is 0 Å². The number of nitrogens with two attached hydrogens (primary N) is 1. The van der Waals surface area contributed by atoms with Gasteiger partial charge < -0.3 is 15.5 Å². The van der Waals surface area contributed by atoms with E-state index in [1.54, 1.807) is 16.8 Å². The number of rotatable bonds is 1. The summed E-state index contributed by atoms with van der Waals surface area (Å²) in [5.74, 6) is -0.162. The van der Waals surface area contributed by atoms with Crippen molar-refractivity contribution in [2.45, 2.75) is 6.42 Å². The first-order valence-corrected chi connectivity index (χ1v) is 5.51. The number of para-hydroxylation sites is 2. The number of carbonyl (C=O) groups excluding carboxylic acids is 2. The monoisotopic (exact) mass is 233 g/mol. The largest absolute Gasteiger partial charge is 0.322 e. The average molecular weight is 233 g/mol. The number of fused-ring (bicyclic) bond motifs is 1. The van der Waals surface area contributed by atoms with Crippen LogP contribution in [0.5, 0.6) is 0 Å². The smallest absolute Gasteiger partial charge is 0.240 e. The summed E-state index contributed by atoms with van der Waals surface area (Å²) in [7, 11) is 1.72. The van der Waals surface area contributed by atoms with E-state index < -0.39 is 0 Å². The molecule has 2 amide bonds. The highest BCUT2D eigenvalue weighted by Crippen LogP contribution is 2.31. The second-order valence-corrected chi connectivity index (χ2v) is 3.94. The van der Waals surface area contributed by atoms with Crippen molar-refractivity contribution in [3.63, 3.8) is 0 Å². The Balaban J connectivity index is 2.49. The minimum absolute atomic E-state index is 0.00442. The molecule has 0 aliphatic carbocycles. The van der Waals surface area contributed by atoms with Gasteiger partial charge in [-0.15, -0.1) is 0 Å². The maximum atomic E-state index is 11.8. The highest BCUT2D eigenvalue weighted by atomic mass is 16.2. The molecule has 0 saturated carbocycles. The molecular formula is C12H15N3O2. The van der Waals surface area contributed by atoms with Crippen LogP contribution in [0, 0.1) is 0 Å². The van der Waals surface area contributed by atoms with Crippen molar-refractivity contribution in [3.05, 3.63) is 24.3 Å². The molecule has 0 radical (unpaired) electrons. The Morgan fingerprint density at radius 1 is 1.35 bits per heavy atom. The maximum absolute atomic E-state index is 11.8. The summed E-state index contributed by atoms with van der Waals surface area (Å²) in [6.07, 6.45) is 0.316. The standard InChI is InChI=1S/C12H15N3O2/c1-14-9-4-2-3-5-10(9)15(12(17)8-13)7-6-11(14)16/h2-5H,6-8,13H2,1H3. The molecule has 0 spiro atoms. The summed E-state index contributed by atoms with van der Waals surface area (Å²) in [5, 5.41) is 0. The first-order valence-electron chi connectivity index (χ1n) is 5.51. The number of amides is 2. The lowest BCUT2D eigenvalue weighted by Crippen LogP contribution is -2.36. The second kappa shape index (κ2) is 4.55. The Labute approximate surface area is 99.8 Å². The van der Waals surface area contributed by atoms with E-state index in [0.29, 0.717) is 13.0 Å². The van der Waals surface area contributed by atoms with Gasteiger partial charge in [-0.2, -0.15) is 0 Å². The molecule has 1 aliphatic heterocycles. The van der Waals surface area contributed by atoms with Crippen molar-refractivity contribution in [3.8, 4) is 0 Å². The summed E-state index contributed by atoms with van der Waals surface area (Å²) in [6, 6.07) is 7.35. The zero-order valence-electron chi connectivity index (χ0n) is 9.72. The van der Waals surface area contributed by atoms with Crippen molar-refractivity contribution in [2.24, 2.45) is 5.73 Å². The second-order valence-electron chi connectivity index (χ2n) is 3.94. The van der Waals surface area contributed by atoms with Crippen molar-refractivity contribution in [1.82, 2.24) is 0 Å². The van der Waals surface area contributed by atoms with E-state index in [4.69, 9.17) is 5.73 Å². The molecule has 2 rings (SSSR count). The summed E-state index contributed by atoms with van der Waals surface area (Å²) >= 11 is 0. The van der Waals surface area contributed by atoms with E-state index >= 15 is 0 Å². The molecule has 0 unspecified atom stereocenters. The highest BCUT2D eigenvalue weighted by Gasteiger charge is 2.26. The van der Waals surface area contributed by atoms with Crippen LogP contribution in [-0.2, 0) is 9.59 Å². The molecule has 5 nitrogen and oxygen atoms in total. The molecule has 0 atom stereocenters. The number of nitrogens with zero attached hydrogens (tertiary/aromatic N) is 2. The number of hydrogen-bond acceptors (Lipinski definition) is 3. The fourth-order valence-electron chi connectivity index (χ4n) is 1.98. The molecule has 1 aromatic rings. The van der Waals surface area contributed by atoms with Crippen LogP contribution in [0.25, 0.3) is 0 Å². The first-order chi connectivity index (χ1) is 8.15. The fraction of sp³-hybridized carbons (Fsp3) is 0.333. The van der Waals surface area contributed by atoms with Crippen LogP contribution in [0.4, 0.5) is 11.4 Å². The molecule has 5 heteroatoms. The van der Waals surface area contributed by atoms with E-state index in [9.17, 15) is 9.59 Å². The number of benzene rings is 1. The van der Waals surface area contributed by atoms with Gasteiger partial charge in [0, 0.05) is 20.0 Å². The molecule has 0 saturated heterocycles. The van der Waals surface area contributed by atoms with Gasteiger partial charge in [0.1, 0.15) is 0 Å². The number of anilines is 2. The van der Waals surface area contributed by atoms with Crippen LogP contribution in [0.3, 0.4) is 0 Å². The average Bonchev–Trinajstić information content (AvgIpc) is 2.49. The minimum Gasteiger partial charge on any atom is -0.322 e. The van der Waals surface area contributed by atoms with Gasteiger partial charge in [0.05, 0.1) is 17.9 Å². The summed E-state index contributed by atoms with van der Waals surface area (Å²) in [6.45, 7) is 0.336. The Morgan fingerprint density at radius 3 is 2.65 bits per heavy atom. The molecule has 17 heavy (non-hydrogen) atoms. The zero-order valence-corrected chi connectivity index (χ0v) is 9.72. The topological polar surface area (TPSA) is 66.6 Å². The zero-order chi connectivity index (χ0) is 12.4. The molecule has 1 aliphatic rings. The SMILES string of the molecule is CN1C(=O)CCN(C(=O)CN)c2ccccc21. The third-order valence-electron chi connectivity index (χ3n) is 2.93. The Hall–Kier alpha value is -1.88. The van der Waals surface area contributed by atoms with Crippen LogP contribution >= 0.6 is 0 Å². The molecule has 0 aromatic heterocycles. The lowest BCUT2D eigenvalue weighted by molar-refractivity contribution is -0.118. The third kappa shape index (κ3) is 2.01. The van der Waals surface area contributed by atoms with Crippen molar-refractivity contribution < 1.29 is 9.59 Å². The molecule has 1 aromatic carbocycles. The highest BCUT2D eigenvalue weighted by molar-refractivity contribution is 6.05. The van der Waals surface area contributed by atoms with Gasteiger partial charge >= 0.3 is 0 Å². The van der Waals surface area contributed by atoms with Gasteiger partial charge in [0.15, 0.2) is 0 Å². The molecule has 1 heterocycles. The lowest BCUT2D eigenvalue weighted by atomic mass is 10.2. The van der Waals surface area contributed by atoms with Crippen LogP contribution in [-0.4, -0.2) is 32.0 Å². The van der Waals surface area contributed by atoms with Crippen molar-refractivity contribution >= 4 is 23.2 Å². The fourth-order valence-corrected chi connectivity index (χ4v) is 1.98. The predicted octanol–water partition coefficient (Wildman–Crippen LogP) is 0.345. The van der Waals surface area contributed by atoms with Gasteiger partial charge in [-0.25, -0.2) is 0 Å². The van der Waals surface area contributed by atoms with Crippen LogP contribution in [0.2, 0.25) is 0 Å². The van der Waals surface area contributed by atoms with Gasteiger partial charge in [0.2, 0.25) is 11.8 Å². The van der Waals surface area contributed by atoms with Crippen molar-refractivity contribution in [1.29, 1.82) is 0 Å². The number of carbonyl (C=O) groups is 2. The first kappa shape index (κ1) is 11.6. The van der Waals surface area contributed by atoms with E-state index in [0.717, 1.165) is 11.4 Å². The lowest BCUT2D eigenvalue weighted by Gasteiger charge is -2.22. The van der Waals surface area contributed by atoms with Gasteiger partial charge in [-0.3, -0.25) is 9.59 Å². The molecule has 90 valence electrons. The maximum Gasteiger partial charge on any atom is 0.240 e. The van der Waals surface area contributed by atoms with Crippen LogP contribution in [0.15, 0.2) is 24.3 Å². The molecular weight excluding hydrogens is 218 g/mol. The summed E-state index contributed by atoms with van der Waals surface area (Å²) < 4.78 is 0. The molecule has 0 fully saturated rings. The van der Waals surface area contributed by atoms with Gasteiger partial charge in [-0.05, 0) is 12.1 Å². The predicted molar refractivity (Wildman–Crippen MR) is 65.9 cm³/mol. The van der Waals surface area contributed by atoms with E-state index in [2.05, 4.69) is 0 Å². The van der Waals surface area contributed by atoms with Crippen LogP contribution < -0.4 is 15.5 Å². The Morgan fingerprint density at radius 2 is 2.00 bits per heavy atom. The normalized spacial score (nSPS) is 15.5. The van der Waals surface area contributed by atoms with Crippen molar-refractivity contribution in [2.75, 3.05) is 29.9 Å². The van der Waals surface area contributed by atoms with E-state index in [1.807, 2.05) is 24.3 Å². The Bertz CT molecular complexity index is 459. The summed E-state index contributed by atoms with van der Waals surface area (Å²) in [4.78, 5) is 26.7. The van der Waals surface area contributed by atoms with Crippen LogP contribution in [0.1, 0.15) is 6.42 Å². The number of hydrogen-bond donors (Lipinski definition) is 1. The quantitative estimate of drug-likeness (QED) is 0.761. The molecule has 0 bridgehead atoms. The Kier molecular flexibility index (Phi) is 3.10.